The summed E-state index contributed by atoms with van der Waals surface area (Å²) in [4.78, 5) is 0. The van der Waals surface area contributed by atoms with Crippen LogP contribution in [0.15, 0.2) is 0 Å². The first kappa shape index (κ1) is 16.9. The van der Waals surface area contributed by atoms with Gasteiger partial charge in [-0.1, -0.05) is 6.42 Å². The van der Waals surface area contributed by atoms with E-state index >= 15 is 0 Å². The normalized spacial score (nSPS) is 25.4. The molecule has 0 bridgehead atoms. The summed E-state index contributed by atoms with van der Waals surface area (Å²) < 4.78 is 10.4. The Morgan fingerprint density at radius 1 is 1.26 bits per heavy atom. The minimum absolute atomic E-state index is 0.132. The number of nitrogens with one attached hydrogen (secondary N) is 1. The first-order valence-electron chi connectivity index (χ1n) is 7.44. The first-order chi connectivity index (χ1) is 9.22. The lowest BCUT2D eigenvalue weighted by atomic mass is 9.87. The van der Waals surface area contributed by atoms with Crippen LogP contribution in [0.1, 0.15) is 32.6 Å². The average molecular weight is 275 g/mol. The number of rotatable bonds is 10. The van der Waals surface area contributed by atoms with Crippen molar-refractivity contribution in [3.8, 4) is 0 Å². The molecule has 0 aliphatic heterocycles. The number of aliphatic hydroxyl groups excluding tert-OH is 2. The number of hydrogen-bond acceptors (Lipinski definition) is 5. The van der Waals surface area contributed by atoms with Crippen LogP contribution < -0.4 is 5.32 Å². The maximum atomic E-state index is 9.71. The van der Waals surface area contributed by atoms with Crippen LogP contribution in [0.25, 0.3) is 0 Å². The molecule has 114 valence electrons. The highest BCUT2D eigenvalue weighted by Gasteiger charge is 2.19. The monoisotopic (exact) mass is 275 g/mol. The fourth-order valence-electron chi connectivity index (χ4n) is 2.44. The van der Waals surface area contributed by atoms with E-state index in [0.717, 1.165) is 25.8 Å². The van der Waals surface area contributed by atoms with E-state index in [1.807, 2.05) is 6.92 Å². The Hall–Kier alpha value is -0.200. The van der Waals surface area contributed by atoms with E-state index in [1.165, 1.54) is 6.42 Å². The van der Waals surface area contributed by atoms with Crippen LogP contribution in [-0.2, 0) is 9.47 Å². The highest BCUT2D eigenvalue weighted by molar-refractivity contribution is 4.74. The van der Waals surface area contributed by atoms with E-state index in [2.05, 4.69) is 5.32 Å². The summed E-state index contributed by atoms with van der Waals surface area (Å²) >= 11 is 0. The van der Waals surface area contributed by atoms with Crippen LogP contribution in [0.5, 0.6) is 0 Å². The molecule has 0 aromatic carbocycles. The third-order valence-corrected chi connectivity index (χ3v) is 3.45. The van der Waals surface area contributed by atoms with Gasteiger partial charge in [0.05, 0.1) is 32.0 Å². The van der Waals surface area contributed by atoms with Gasteiger partial charge in [0.15, 0.2) is 0 Å². The summed E-state index contributed by atoms with van der Waals surface area (Å²) in [6.45, 7) is 5.50. The fraction of sp³-hybridized carbons (Fsp3) is 1.00. The highest BCUT2D eigenvalue weighted by atomic mass is 16.5. The molecule has 3 atom stereocenters. The molecule has 0 aromatic heterocycles. The second-order valence-electron chi connectivity index (χ2n) is 5.27. The predicted molar refractivity (Wildman–Crippen MR) is 74.2 cm³/mol. The van der Waals surface area contributed by atoms with Crippen molar-refractivity contribution in [2.75, 3.05) is 39.5 Å². The third kappa shape index (κ3) is 8.55. The van der Waals surface area contributed by atoms with E-state index < -0.39 is 6.10 Å². The zero-order chi connectivity index (χ0) is 13.9. The quantitative estimate of drug-likeness (QED) is 0.508. The number of hydrogen-bond donors (Lipinski definition) is 3. The standard InChI is InChI=1S/C14H29NO4/c1-2-18-6-7-19-11-14(17)10-15-9-12-4-3-5-13(16)8-12/h12-17H,2-11H2,1H3. The molecule has 0 spiro atoms. The van der Waals surface area contributed by atoms with Gasteiger partial charge >= 0.3 is 0 Å². The van der Waals surface area contributed by atoms with Crippen molar-refractivity contribution in [3.05, 3.63) is 0 Å². The predicted octanol–water partition coefficient (Wildman–Crippen LogP) is 0.541. The Kier molecular flexibility index (Phi) is 9.38. The van der Waals surface area contributed by atoms with E-state index in [1.54, 1.807) is 0 Å². The molecular formula is C14H29NO4. The van der Waals surface area contributed by atoms with Gasteiger partial charge < -0.3 is 25.0 Å². The Labute approximate surface area is 116 Å². The van der Waals surface area contributed by atoms with Gasteiger partial charge in [0.1, 0.15) is 0 Å². The Morgan fingerprint density at radius 2 is 2.05 bits per heavy atom. The summed E-state index contributed by atoms with van der Waals surface area (Å²) in [6.07, 6.45) is 3.49. The molecule has 3 N–H and O–H groups in total. The van der Waals surface area contributed by atoms with Crippen LogP contribution in [0, 0.1) is 5.92 Å². The van der Waals surface area contributed by atoms with Gasteiger partial charge in [-0.05, 0) is 38.6 Å². The molecule has 1 aliphatic carbocycles. The lowest BCUT2D eigenvalue weighted by Gasteiger charge is -2.26. The van der Waals surface area contributed by atoms with E-state index in [4.69, 9.17) is 9.47 Å². The van der Waals surface area contributed by atoms with Crippen molar-refractivity contribution in [3.63, 3.8) is 0 Å². The van der Waals surface area contributed by atoms with Gasteiger partial charge in [-0.3, -0.25) is 0 Å². The highest BCUT2D eigenvalue weighted by Crippen LogP contribution is 2.23. The minimum atomic E-state index is -0.477. The molecule has 5 nitrogen and oxygen atoms in total. The van der Waals surface area contributed by atoms with Gasteiger partial charge in [0.25, 0.3) is 0 Å². The summed E-state index contributed by atoms with van der Waals surface area (Å²) in [5.41, 5.74) is 0. The van der Waals surface area contributed by atoms with Crippen molar-refractivity contribution < 1.29 is 19.7 Å². The molecule has 0 radical (unpaired) electrons. The lowest BCUT2D eigenvalue weighted by molar-refractivity contribution is 0.00591. The summed E-state index contributed by atoms with van der Waals surface area (Å²) in [7, 11) is 0. The zero-order valence-electron chi connectivity index (χ0n) is 12.0. The molecule has 1 saturated carbocycles. The van der Waals surface area contributed by atoms with Gasteiger partial charge in [0, 0.05) is 13.2 Å². The first-order valence-corrected chi connectivity index (χ1v) is 7.44. The van der Waals surface area contributed by atoms with Crippen LogP contribution in [0.4, 0.5) is 0 Å². The summed E-state index contributed by atoms with van der Waals surface area (Å²) in [5.74, 6) is 0.537. The fourth-order valence-corrected chi connectivity index (χ4v) is 2.44. The Bertz CT molecular complexity index is 216. The smallest absolute Gasteiger partial charge is 0.0897 e. The summed E-state index contributed by atoms with van der Waals surface area (Å²) in [6, 6.07) is 0. The molecule has 0 saturated heterocycles. The van der Waals surface area contributed by atoms with Gasteiger partial charge in [-0.25, -0.2) is 0 Å². The van der Waals surface area contributed by atoms with E-state index in [9.17, 15) is 10.2 Å². The van der Waals surface area contributed by atoms with Crippen molar-refractivity contribution >= 4 is 0 Å². The van der Waals surface area contributed by atoms with Crippen LogP contribution >= 0.6 is 0 Å². The van der Waals surface area contributed by atoms with Crippen LogP contribution in [-0.4, -0.2) is 61.9 Å². The third-order valence-electron chi connectivity index (χ3n) is 3.45. The number of aliphatic hydroxyl groups is 2. The molecule has 19 heavy (non-hydrogen) atoms. The van der Waals surface area contributed by atoms with Crippen LogP contribution in [0.2, 0.25) is 0 Å². The molecule has 5 heteroatoms. The molecule has 1 rings (SSSR count). The molecule has 0 aromatic rings. The Morgan fingerprint density at radius 3 is 2.79 bits per heavy atom. The van der Waals surface area contributed by atoms with Crippen LogP contribution in [0.3, 0.4) is 0 Å². The second-order valence-corrected chi connectivity index (χ2v) is 5.27. The van der Waals surface area contributed by atoms with E-state index in [0.29, 0.717) is 38.9 Å². The van der Waals surface area contributed by atoms with Crippen molar-refractivity contribution in [1.82, 2.24) is 5.32 Å². The molecule has 0 heterocycles. The van der Waals surface area contributed by atoms with Crippen molar-refractivity contribution in [1.29, 1.82) is 0 Å². The van der Waals surface area contributed by atoms with Gasteiger partial charge in [-0.15, -0.1) is 0 Å². The maximum Gasteiger partial charge on any atom is 0.0897 e. The molecular weight excluding hydrogens is 246 g/mol. The summed E-state index contributed by atoms with van der Waals surface area (Å²) in [5, 5.41) is 22.5. The largest absolute Gasteiger partial charge is 0.393 e. The SMILES string of the molecule is CCOCCOCC(O)CNCC1CCCC(O)C1. The Balaban J connectivity index is 1.93. The second kappa shape index (κ2) is 10.6. The maximum absolute atomic E-state index is 9.71. The minimum Gasteiger partial charge on any atom is -0.393 e. The van der Waals surface area contributed by atoms with Crippen molar-refractivity contribution in [2.45, 2.75) is 44.8 Å². The van der Waals surface area contributed by atoms with E-state index in [-0.39, 0.29) is 6.10 Å². The molecule has 3 unspecified atom stereocenters. The van der Waals surface area contributed by atoms with Gasteiger partial charge in [0.2, 0.25) is 0 Å². The number of ether oxygens (including phenoxy) is 2. The average Bonchev–Trinajstić information content (AvgIpc) is 2.38. The van der Waals surface area contributed by atoms with Crippen molar-refractivity contribution in [2.24, 2.45) is 5.92 Å². The molecule has 1 fully saturated rings. The zero-order valence-corrected chi connectivity index (χ0v) is 12.0. The topological polar surface area (TPSA) is 71.0 Å². The molecule has 1 aliphatic rings. The molecule has 0 amide bonds. The van der Waals surface area contributed by atoms with Gasteiger partial charge in [-0.2, -0.15) is 0 Å². The lowest BCUT2D eigenvalue weighted by Crippen LogP contribution is -2.35.